The monoisotopic (exact) mass is 325 g/mol. The number of imide groups is 1. The van der Waals surface area contributed by atoms with Gasteiger partial charge in [-0.2, -0.15) is 0 Å². The van der Waals surface area contributed by atoms with E-state index in [4.69, 9.17) is 0 Å². The van der Waals surface area contributed by atoms with Crippen LogP contribution >= 0.6 is 0 Å². The average molecular weight is 325 g/mol. The van der Waals surface area contributed by atoms with Crippen molar-refractivity contribution in [1.82, 2.24) is 25.3 Å². The second-order valence-electron chi connectivity index (χ2n) is 6.12. The number of hydrogen-bond acceptors (Lipinski definition) is 5. The third-order valence-corrected chi connectivity index (χ3v) is 4.38. The second kappa shape index (κ2) is 8.83. The van der Waals surface area contributed by atoms with Crippen molar-refractivity contribution < 1.29 is 14.4 Å². The molecule has 2 aliphatic heterocycles. The summed E-state index contributed by atoms with van der Waals surface area (Å²) in [5, 5.41) is 4.61. The molecule has 0 aromatic rings. The minimum Gasteiger partial charge on any atom is -0.342 e. The number of nitrogens with one attached hydrogen (secondary N) is 2. The third kappa shape index (κ3) is 5.80. The molecule has 0 aromatic carbocycles. The van der Waals surface area contributed by atoms with Crippen LogP contribution in [0.5, 0.6) is 0 Å². The van der Waals surface area contributed by atoms with Crippen molar-refractivity contribution >= 4 is 17.8 Å². The number of amides is 4. The number of piperazine rings is 1. The fourth-order valence-electron chi connectivity index (χ4n) is 2.97. The van der Waals surface area contributed by atoms with Crippen molar-refractivity contribution in [2.24, 2.45) is 0 Å². The second-order valence-corrected chi connectivity index (χ2v) is 6.12. The SMILES string of the molecule is CNC(=O)NC(=O)CN1CCN(CC(=O)N2CCCCC2)CC1. The van der Waals surface area contributed by atoms with E-state index >= 15 is 0 Å². The van der Waals surface area contributed by atoms with E-state index in [9.17, 15) is 14.4 Å². The zero-order valence-corrected chi connectivity index (χ0v) is 13.8. The molecule has 0 radical (unpaired) electrons. The Morgan fingerprint density at radius 1 is 0.826 bits per heavy atom. The number of urea groups is 1. The van der Waals surface area contributed by atoms with Crippen LogP contribution < -0.4 is 10.6 Å². The van der Waals surface area contributed by atoms with Crippen molar-refractivity contribution in [3.63, 3.8) is 0 Å². The largest absolute Gasteiger partial charge is 0.342 e. The molecule has 4 amide bonds. The van der Waals surface area contributed by atoms with E-state index in [2.05, 4.69) is 15.5 Å². The smallest absolute Gasteiger partial charge is 0.321 e. The van der Waals surface area contributed by atoms with Crippen LogP contribution in [-0.4, -0.2) is 92.0 Å². The van der Waals surface area contributed by atoms with Crippen LogP contribution in [-0.2, 0) is 9.59 Å². The van der Waals surface area contributed by atoms with Gasteiger partial charge in [-0.05, 0) is 19.3 Å². The van der Waals surface area contributed by atoms with E-state index in [1.165, 1.54) is 13.5 Å². The standard InChI is InChI=1S/C15H27N5O3/c1-16-15(23)17-13(21)11-18-7-9-19(10-8-18)12-14(22)20-5-3-2-4-6-20/h2-12H2,1H3,(H2,16,17,21,23). The Morgan fingerprint density at radius 2 is 1.39 bits per heavy atom. The van der Waals surface area contributed by atoms with E-state index in [1.807, 2.05) is 9.80 Å². The lowest BCUT2D eigenvalue weighted by molar-refractivity contribution is -0.134. The summed E-state index contributed by atoms with van der Waals surface area (Å²) < 4.78 is 0. The Morgan fingerprint density at radius 3 is 1.96 bits per heavy atom. The Kier molecular flexibility index (Phi) is 6.79. The molecule has 23 heavy (non-hydrogen) atoms. The van der Waals surface area contributed by atoms with E-state index in [-0.39, 0.29) is 18.4 Å². The molecule has 0 spiro atoms. The molecule has 8 heteroatoms. The van der Waals surface area contributed by atoms with Crippen molar-refractivity contribution in [2.75, 3.05) is 59.4 Å². The number of likely N-dealkylation sites (tertiary alicyclic amines) is 1. The predicted molar refractivity (Wildman–Crippen MR) is 85.9 cm³/mol. The molecule has 2 N–H and O–H groups in total. The van der Waals surface area contributed by atoms with Gasteiger partial charge in [0, 0.05) is 46.3 Å². The Hall–Kier alpha value is -1.67. The lowest BCUT2D eigenvalue weighted by Crippen LogP contribution is -2.53. The highest BCUT2D eigenvalue weighted by atomic mass is 16.2. The molecule has 8 nitrogen and oxygen atoms in total. The van der Waals surface area contributed by atoms with Crippen LogP contribution in [0.25, 0.3) is 0 Å². The first-order chi connectivity index (χ1) is 11.1. The molecule has 2 rings (SSSR count). The molecule has 130 valence electrons. The van der Waals surface area contributed by atoms with E-state index < -0.39 is 6.03 Å². The molecule has 0 atom stereocenters. The van der Waals surface area contributed by atoms with Crippen molar-refractivity contribution in [3.05, 3.63) is 0 Å². The summed E-state index contributed by atoms with van der Waals surface area (Å²) in [7, 11) is 1.47. The molecule has 0 unspecified atom stereocenters. The van der Waals surface area contributed by atoms with Gasteiger partial charge >= 0.3 is 6.03 Å². The lowest BCUT2D eigenvalue weighted by Gasteiger charge is -2.35. The zero-order chi connectivity index (χ0) is 16.7. The van der Waals surface area contributed by atoms with Gasteiger partial charge in [0.2, 0.25) is 11.8 Å². The highest BCUT2D eigenvalue weighted by Crippen LogP contribution is 2.10. The third-order valence-electron chi connectivity index (χ3n) is 4.38. The van der Waals surface area contributed by atoms with E-state index in [1.54, 1.807) is 0 Å². The molecular formula is C15H27N5O3. The van der Waals surface area contributed by atoms with Gasteiger partial charge in [0.25, 0.3) is 0 Å². The van der Waals surface area contributed by atoms with Gasteiger partial charge in [-0.25, -0.2) is 4.79 Å². The summed E-state index contributed by atoms with van der Waals surface area (Å²) in [6.45, 7) is 5.46. The maximum absolute atomic E-state index is 12.2. The number of piperidine rings is 1. The van der Waals surface area contributed by atoms with Gasteiger partial charge in [-0.15, -0.1) is 0 Å². The van der Waals surface area contributed by atoms with Crippen molar-refractivity contribution in [1.29, 1.82) is 0 Å². The average Bonchev–Trinajstić information content (AvgIpc) is 2.57. The molecule has 0 aliphatic carbocycles. The van der Waals surface area contributed by atoms with E-state index in [0.29, 0.717) is 6.54 Å². The van der Waals surface area contributed by atoms with Crippen LogP contribution in [0.4, 0.5) is 4.79 Å². The summed E-state index contributed by atoms with van der Waals surface area (Å²) in [5.74, 6) is -0.0855. The zero-order valence-electron chi connectivity index (χ0n) is 13.8. The Bertz CT molecular complexity index is 429. The molecule has 0 saturated carbocycles. The number of nitrogens with zero attached hydrogens (tertiary/aromatic N) is 3. The Labute approximate surface area is 137 Å². The summed E-state index contributed by atoms with van der Waals surface area (Å²) in [6, 6.07) is -0.485. The first-order valence-electron chi connectivity index (χ1n) is 8.32. The van der Waals surface area contributed by atoms with Crippen molar-refractivity contribution in [2.45, 2.75) is 19.3 Å². The Balaban J connectivity index is 1.66. The maximum atomic E-state index is 12.2. The number of carbonyl (C=O) groups is 3. The summed E-state index contributed by atoms with van der Waals surface area (Å²) in [5.41, 5.74) is 0. The fourth-order valence-corrected chi connectivity index (χ4v) is 2.97. The quantitative estimate of drug-likeness (QED) is 0.698. The highest BCUT2D eigenvalue weighted by molar-refractivity contribution is 5.95. The van der Waals surface area contributed by atoms with Gasteiger partial charge in [-0.1, -0.05) is 0 Å². The van der Waals surface area contributed by atoms with Crippen LogP contribution in [0.2, 0.25) is 0 Å². The molecule has 0 aromatic heterocycles. The first-order valence-corrected chi connectivity index (χ1v) is 8.32. The van der Waals surface area contributed by atoms with E-state index in [0.717, 1.165) is 52.1 Å². The van der Waals surface area contributed by atoms with Gasteiger partial charge in [-0.3, -0.25) is 24.7 Å². The van der Waals surface area contributed by atoms with Crippen LogP contribution in [0.15, 0.2) is 0 Å². The highest BCUT2D eigenvalue weighted by Gasteiger charge is 2.23. The summed E-state index contributed by atoms with van der Waals surface area (Å²) in [4.78, 5) is 41.1. The lowest BCUT2D eigenvalue weighted by atomic mass is 10.1. The minimum absolute atomic E-state index is 0.210. The predicted octanol–water partition coefficient (Wildman–Crippen LogP) is -0.928. The van der Waals surface area contributed by atoms with Gasteiger partial charge in [0.15, 0.2) is 0 Å². The van der Waals surface area contributed by atoms with Crippen LogP contribution in [0, 0.1) is 0 Å². The van der Waals surface area contributed by atoms with Crippen LogP contribution in [0.1, 0.15) is 19.3 Å². The molecular weight excluding hydrogens is 298 g/mol. The normalized spacial score (nSPS) is 20.1. The number of hydrogen-bond donors (Lipinski definition) is 2. The van der Waals surface area contributed by atoms with Gasteiger partial charge in [0.1, 0.15) is 0 Å². The molecule has 2 fully saturated rings. The number of rotatable bonds is 4. The molecule has 2 heterocycles. The topological polar surface area (TPSA) is 85.0 Å². The van der Waals surface area contributed by atoms with Crippen molar-refractivity contribution in [3.8, 4) is 0 Å². The van der Waals surface area contributed by atoms with Gasteiger partial charge < -0.3 is 10.2 Å². The summed E-state index contributed by atoms with van der Waals surface area (Å²) in [6.07, 6.45) is 3.44. The minimum atomic E-state index is -0.485. The van der Waals surface area contributed by atoms with Crippen LogP contribution in [0.3, 0.4) is 0 Å². The molecule has 2 saturated heterocycles. The van der Waals surface area contributed by atoms with Gasteiger partial charge in [0.05, 0.1) is 13.1 Å². The fraction of sp³-hybridized carbons (Fsp3) is 0.800. The molecule has 0 bridgehead atoms. The first kappa shape index (κ1) is 17.7. The number of carbonyl (C=O) groups excluding carboxylic acids is 3. The summed E-state index contributed by atoms with van der Waals surface area (Å²) >= 11 is 0. The maximum Gasteiger partial charge on any atom is 0.321 e. The molecule has 2 aliphatic rings.